The highest BCUT2D eigenvalue weighted by Gasteiger charge is 2.15. The zero-order valence-corrected chi connectivity index (χ0v) is 6.88. The van der Waals surface area contributed by atoms with E-state index in [1.807, 2.05) is 0 Å². The van der Waals surface area contributed by atoms with Crippen molar-refractivity contribution in [2.45, 2.75) is 12.5 Å². The van der Waals surface area contributed by atoms with Crippen molar-refractivity contribution in [3.05, 3.63) is 12.2 Å². The van der Waals surface area contributed by atoms with Crippen LogP contribution in [0, 0.1) is 0 Å². The minimum Gasteiger partial charge on any atom is -0.478 e. The molecule has 2 N–H and O–H groups in total. The van der Waals surface area contributed by atoms with E-state index in [0.29, 0.717) is 19.2 Å². The first-order valence-corrected chi connectivity index (χ1v) is 3.92. The maximum Gasteiger partial charge on any atom is 0.332 e. The van der Waals surface area contributed by atoms with Crippen LogP contribution >= 0.6 is 0 Å². The zero-order chi connectivity index (χ0) is 8.97. The second kappa shape index (κ2) is 4.23. The molecule has 1 saturated heterocycles. The molecule has 1 atom stereocenters. The maximum absolute atomic E-state index is 10.3. The van der Waals surface area contributed by atoms with E-state index in [0.717, 1.165) is 13.0 Å². The molecule has 0 bridgehead atoms. The first kappa shape index (κ1) is 9.22. The summed E-state index contributed by atoms with van der Waals surface area (Å²) in [6.45, 7) is 5.18. The van der Waals surface area contributed by atoms with Crippen LogP contribution in [0.1, 0.15) is 6.42 Å². The van der Waals surface area contributed by atoms with Gasteiger partial charge in [-0.25, -0.2) is 4.79 Å². The Morgan fingerprint density at radius 3 is 3.00 bits per heavy atom. The van der Waals surface area contributed by atoms with E-state index in [2.05, 4.69) is 11.9 Å². The molecule has 0 amide bonds. The Labute approximate surface area is 71.2 Å². The molecule has 1 fully saturated rings. The topological polar surface area (TPSA) is 58.6 Å². The maximum atomic E-state index is 10.3. The predicted molar refractivity (Wildman–Crippen MR) is 44.0 cm³/mol. The molecule has 0 aliphatic carbocycles. The van der Waals surface area contributed by atoms with Gasteiger partial charge in [-0.1, -0.05) is 6.58 Å². The molecular weight excluding hydrogens is 158 g/mol. The Morgan fingerprint density at radius 2 is 2.50 bits per heavy atom. The highest BCUT2D eigenvalue weighted by atomic mass is 16.5. The summed E-state index contributed by atoms with van der Waals surface area (Å²) < 4.78 is 5.11. The quantitative estimate of drug-likeness (QED) is 0.585. The van der Waals surface area contributed by atoms with Gasteiger partial charge in [-0.15, -0.1) is 0 Å². The van der Waals surface area contributed by atoms with Crippen LogP contribution in [0.25, 0.3) is 0 Å². The molecular formula is C8H13NO3. The van der Waals surface area contributed by atoms with Gasteiger partial charge in [-0.05, 0) is 6.42 Å². The van der Waals surface area contributed by atoms with Gasteiger partial charge in [-0.2, -0.15) is 0 Å². The lowest BCUT2D eigenvalue weighted by atomic mass is 10.2. The number of hydrogen-bond acceptors (Lipinski definition) is 3. The average Bonchev–Trinajstić information content (AvgIpc) is 2.51. The fourth-order valence-corrected chi connectivity index (χ4v) is 1.04. The van der Waals surface area contributed by atoms with Crippen LogP contribution in [0.4, 0.5) is 0 Å². The number of hydrogen-bond donors (Lipinski definition) is 2. The van der Waals surface area contributed by atoms with Crippen LogP contribution in [-0.4, -0.2) is 36.9 Å². The molecule has 68 valence electrons. The molecule has 1 rings (SSSR count). The fourth-order valence-electron chi connectivity index (χ4n) is 1.04. The Bertz CT molecular complexity index is 185. The van der Waals surface area contributed by atoms with Gasteiger partial charge in [-0.3, -0.25) is 0 Å². The number of ether oxygens (including phenoxy) is 1. The summed E-state index contributed by atoms with van der Waals surface area (Å²) in [6.07, 6.45) is 0.951. The van der Waals surface area contributed by atoms with Crippen LogP contribution in [0.5, 0.6) is 0 Å². The second-order valence-corrected chi connectivity index (χ2v) is 2.85. The number of rotatable bonds is 4. The van der Waals surface area contributed by atoms with Crippen molar-refractivity contribution < 1.29 is 14.6 Å². The zero-order valence-electron chi connectivity index (χ0n) is 6.88. The fraction of sp³-hybridized carbons (Fsp3) is 0.625. The molecule has 0 saturated carbocycles. The molecule has 1 unspecified atom stereocenters. The minimum absolute atomic E-state index is 0.196. The van der Waals surface area contributed by atoms with E-state index in [-0.39, 0.29) is 5.57 Å². The summed E-state index contributed by atoms with van der Waals surface area (Å²) in [5.74, 6) is -0.943. The first-order valence-electron chi connectivity index (χ1n) is 3.92. The molecule has 0 spiro atoms. The Morgan fingerprint density at radius 1 is 1.75 bits per heavy atom. The van der Waals surface area contributed by atoms with Gasteiger partial charge in [0.2, 0.25) is 0 Å². The molecule has 1 heterocycles. The monoisotopic (exact) mass is 171 g/mol. The van der Waals surface area contributed by atoms with Gasteiger partial charge < -0.3 is 15.2 Å². The van der Waals surface area contributed by atoms with Gasteiger partial charge in [0, 0.05) is 24.8 Å². The van der Waals surface area contributed by atoms with Crippen molar-refractivity contribution in [1.29, 1.82) is 0 Å². The van der Waals surface area contributed by atoms with Gasteiger partial charge in [0.1, 0.15) is 0 Å². The molecule has 1 aliphatic heterocycles. The van der Waals surface area contributed by atoms with E-state index in [9.17, 15) is 4.79 Å². The van der Waals surface area contributed by atoms with E-state index in [1.165, 1.54) is 0 Å². The number of carboxylic acid groups (broad SMARTS) is 1. The molecule has 0 radical (unpaired) electrons. The minimum atomic E-state index is -0.943. The standard InChI is InChI=1S/C8H13NO3/c1-6(8(10)11)4-9-7-2-3-12-5-7/h7,9H,1-5H2,(H,10,11). The van der Waals surface area contributed by atoms with Crippen molar-refractivity contribution in [3.63, 3.8) is 0 Å². The summed E-state index contributed by atoms with van der Waals surface area (Å²) in [6, 6.07) is 0.293. The van der Waals surface area contributed by atoms with Crippen molar-refractivity contribution in [1.82, 2.24) is 5.32 Å². The van der Waals surface area contributed by atoms with Crippen molar-refractivity contribution in [2.75, 3.05) is 19.8 Å². The lowest BCUT2D eigenvalue weighted by molar-refractivity contribution is -0.132. The summed E-state index contributed by atoms with van der Waals surface area (Å²) in [4.78, 5) is 10.3. The Hall–Kier alpha value is -0.870. The number of aliphatic carboxylic acids is 1. The molecule has 1 aliphatic rings. The Balaban J connectivity index is 2.16. The van der Waals surface area contributed by atoms with Crippen molar-refractivity contribution in [3.8, 4) is 0 Å². The summed E-state index contributed by atoms with van der Waals surface area (Å²) in [5, 5.41) is 11.5. The lowest BCUT2D eigenvalue weighted by Crippen LogP contribution is -2.32. The smallest absolute Gasteiger partial charge is 0.332 e. The third-order valence-electron chi connectivity index (χ3n) is 1.84. The second-order valence-electron chi connectivity index (χ2n) is 2.85. The van der Waals surface area contributed by atoms with E-state index in [1.54, 1.807) is 0 Å². The number of carbonyl (C=O) groups is 1. The van der Waals surface area contributed by atoms with Crippen LogP contribution < -0.4 is 5.32 Å². The number of carboxylic acids is 1. The van der Waals surface area contributed by atoms with Crippen LogP contribution in [0.3, 0.4) is 0 Å². The van der Waals surface area contributed by atoms with Gasteiger partial charge in [0.05, 0.1) is 6.61 Å². The largest absolute Gasteiger partial charge is 0.478 e. The summed E-state index contributed by atoms with van der Waals surface area (Å²) in [5.41, 5.74) is 0.196. The highest BCUT2D eigenvalue weighted by Crippen LogP contribution is 2.03. The summed E-state index contributed by atoms with van der Waals surface area (Å²) >= 11 is 0. The molecule has 0 aromatic rings. The SMILES string of the molecule is C=C(CNC1CCOC1)C(=O)O. The normalized spacial score (nSPS) is 22.5. The average molecular weight is 171 g/mol. The molecule has 12 heavy (non-hydrogen) atoms. The van der Waals surface area contributed by atoms with E-state index >= 15 is 0 Å². The van der Waals surface area contributed by atoms with Gasteiger partial charge in [0.15, 0.2) is 0 Å². The van der Waals surface area contributed by atoms with Crippen LogP contribution in [-0.2, 0) is 9.53 Å². The molecule has 4 nitrogen and oxygen atoms in total. The van der Waals surface area contributed by atoms with Crippen LogP contribution in [0.15, 0.2) is 12.2 Å². The lowest BCUT2D eigenvalue weighted by Gasteiger charge is -2.09. The summed E-state index contributed by atoms with van der Waals surface area (Å²) in [7, 11) is 0. The first-order chi connectivity index (χ1) is 5.70. The molecule has 0 aromatic heterocycles. The van der Waals surface area contributed by atoms with Crippen LogP contribution in [0.2, 0.25) is 0 Å². The molecule has 4 heteroatoms. The van der Waals surface area contributed by atoms with Gasteiger partial charge in [0.25, 0.3) is 0 Å². The third kappa shape index (κ3) is 2.64. The van der Waals surface area contributed by atoms with Crippen molar-refractivity contribution >= 4 is 5.97 Å². The van der Waals surface area contributed by atoms with E-state index < -0.39 is 5.97 Å². The van der Waals surface area contributed by atoms with Crippen molar-refractivity contribution in [2.24, 2.45) is 0 Å². The van der Waals surface area contributed by atoms with Gasteiger partial charge >= 0.3 is 5.97 Å². The van der Waals surface area contributed by atoms with E-state index in [4.69, 9.17) is 9.84 Å². The predicted octanol–water partition coefficient (Wildman–Crippen LogP) is 0.00570. The third-order valence-corrected chi connectivity index (χ3v) is 1.84. The number of nitrogens with one attached hydrogen (secondary N) is 1. The Kier molecular flexibility index (Phi) is 3.25. The molecule has 0 aromatic carbocycles. The highest BCUT2D eigenvalue weighted by molar-refractivity contribution is 5.86.